The zero-order valence-corrected chi connectivity index (χ0v) is 15.6. The summed E-state index contributed by atoms with van der Waals surface area (Å²) in [6.45, 7) is 2.46. The first-order chi connectivity index (χ1) is 12.7. The lowest BCUT2D eigenvalue weighted by molar-refractivity contribution is -0.384. The number of carbonyl (C=O) groups is 3. The van der Waals surface area contributed by atoms with Crippen LogP contribution in [0.5, 0.6) is 0 Å². The minimum absolute atomic E-state index is 0.00738. The van der Waals surface area contributed by atoms with E-state index in [9.17, 15) is 24.5 Å². The van der Waals surface area contributed by atoms with E-state index in [0.717, 1.165) is 6.07 Å². The number of likely N-dealkylation sites (N-methyl/N-ethyl adjacent to an activating group) is 1. The molecular formula is C16H19ClN4O6. The molecule has 0 unspecified atom stereocenters. The summed E-state index contributed by atoms with van der Waals surface area (Å²) in [5.74, 6) is -1.36. The van der Waals surface area contributed by atoms with Crippen molar-refractivity contribution in [3.8, 4) is 0 Å². The molecule has 1 atom stereocenters. The van der Waals surface area contributed by atoms with Crippen molar-refractivity contribution in [3.63, 3.8) is 0 Å². The second-order valence-corrected chi connectivity index (χ2v) is 6.48. The molecule has 0 bridgehead atoms. The summed E-state index contributed by atoms with van der Waals surface area (Å²) < 4.78 is 5.08. The van der Waals surface area contributed by atoms with E-state index in [0.29, 0.717) is 13.1 Å². The number of hydrogen-bond donors (Lipinski definition) is 1. The molecule has 2 amide bonds. The number of hydrogen-bond acceptors (Lipinski definition) is 7. The molecule has 0 radical (unpaired) electrons. The van der Waals surface area contributed by atoms with Crippen LogP contribution in [0.3, 0.4) is 0 Å². The molecule has 1 aromatic rings. The smallest absolute Gasteiger partial charge is 0.320 e. The summed E-state index contributed by atoms with van der Waals surface area (Å²) in [5, 5.41) is 13.1. The minimum atomic E-state index is -1.10. The molecule has 146 valence electrons. The molecule has 1 aliphatic heterocycles. The van der Waals surface area contributed by atoms with Crippen molar-refractivity contribution in [1.29, 1.82) is 0 Å². The third kappa shape index (κ3) is 5.63. The lowest BCUT2D eigenvalue weighted by atomic mass is 10.2. The number of nitrogens with one attached hydrogen (secondary N) is 1. The van der Waals surface area contributed by atoms with E-state index in [1.165, 1.54) is 19.1 Å². The number of piperazine rings is 1. The Hall–Kier alpha value is -2.72. The summed E-state index contributed by atoms with van der Waals surface area (Å²) in [7, 11) is 1.69. The van der Waals surface area contributed by atoms with Crippen molar-refractivity contribution >= 4 is 40.8 Å². The number of esters is 1. The van der Waals surface area contributed by atoms with Gasteiger partial charge in [-0.25, -0.2) is 0 Å². The Morgan fingerprint density at radius 2 is 2.11 bits per heavy atom. The molecule has 1 N–H and O–H groups in total. The number of nitro groups is 1. The molecule has 0 aromatic heterocycles. The maximum Gasteiger partial charge on any atom is 0.320 e. The maximum atomic E-state index is 12.2. The first-order valence-electron chi connectivity index (χ1n) is 8.08. The Morgan fingerprint density at radius 1 is 1.41 bits per heavy atom. The van der Waals surface area contributed by atoms with Gasteiger partial charge in [-0.15, -0.1) is 0 Å². The van der Waals surface area contributed by atoms with Gasteiger partial charge in [-0.2, -0.15) is 0 Å². The van der Waals surface area contributed by atoms with Crippen LogP contribution in [0.1, 0.15) is 6.92 Å². The van der Waals surface area contributed by atoms with E-state index in [-0.39, 0.29) is 35.4 Å². The fourth-order valence-electron chi connectivity index (χ4n) is 2.37. The van der Waals surface area contributed by atoms with Crippen LogP contribution >= 0.6 is 11.6 Å². The van der Waals surface area contributed by atoms with Crippen LogP contribution in [-0.4, -0.2) is 71.8 Å². The molecule has 0 spiro atoms. The number of non-ortho nitro benzene ring substituents is 1. The molecule has 0 aliphatic carbocycles. The van der Waals surface area contributed by atoms with Crippen LogP contribution < -0.4 is 5.32 Å². The van der Waals surface area contributed by atoms with Gasteiger partial charge in [0, 0.05) is 32.3 Å². The van der Waals surface area contributed by atoms with Crippen LogP contribution in [0.25, 0.3) is 0 Å². The van der Waals surface area contributed by atoms with Gasteiger partial charge in [0.2, 0.25) is 5.91 Å². The molecule has 1 aliphatic rings. The van der Waals surface area contributed by atoms with Gasteiger partial charge in [-0.1, -0.05) is 11.6 Å². The lowest BCUT2D eigenvalue weighted by Gasteiger charge is -2.31. The van der Waals surface area contributed by atoms with E-state index in [2.05, 4.69) is 5.32 Å². The second kappa shape index (κ2) is 8.78. The van der Waals surface area contributed by atoms with E-state index in [1.54, 1.807) is 16.8 Å². The van der Waals surface area contributed by atoms with Crippen LogP contribution in [0.15, 0.2) is 18.2 Å². The fraction of sp³-hybridized carbons (Fsp3) is 0.438. The first kappa shape index (κ1) is 20.6. The number of nitro benzene ring substituents is 1. The van der Waals surface area contributed by atoms with Crippen LogP contribution in [-0.2, 0) is 19.1 Å². The number of ether oxygens (including phenoxy) is 1. The molecule has 1 aromatic carbocycles. The molecule has 2 rings (SSSR count). The number of carbonyl (C=O) groups excluding carboxylic acids is 3. The molecule has 0 saturated carbocycles. The number of rotatable bonds is 6. The zero-order valence-electron chi connectivity index (χ0n) is 14.8. The summed E-state index contributed by atoms with van der Waals surface area (Å²) in [6, 6.07) is 3.60. The third-order valence-corrected chi connectivity index (χ3v) is 4.30. The highest BCUT2D eigenvalue weighted by molar-refractivity contribution is 6.34. The average molecular weight is 399 g/mol. The Morgan fingerprint density at radius 3 is 2.70 bits per heavy atom. The van der Waals surface area contributed by atoms with Gasteiger partial charge in [-0.05, 0) is 13.0 Å². The van der Waals surface area contributed by atoms with Gasteiger partial charge in [0.05, 0.1) is 28.7 Å². The Kier molecular flexibility index (Phi) is 6.70. The van der Waals surface area contributed by atoms with Crippen molar-refractivity contribution in [2.24, 2.45) is 0 Å². The summed E-state index contributed by atoms with van der Waals surface area (Å²) in [4.78, 5) is 49.1. The van der Waals surface area contributed by atoms with E-state index >= 15 is 0 Å². The van der Waals surface area contributed by atoms with Crippen LogP contribution in [0.4, 0.5) is 11.4 Å². The van der Waals surface area contributed by atoms with Crippen molar-refractivity contribution in [2.75, 3.05) is 38.5 Å². The predicted octanol–water partition coefficient (Wildman–Crippen LogP) is 0.892. The predicted molar refractivity (Wildman–Crippen MR) is 96.4 cm³/mol. The Balaban J connectivity index is 1.87. The lowest BCUT2D eigenvalue weighted by Crippen LogP contribution is -2.50. The molecule has 1 fully saturated rings. The van der Waals surface area contributed by atoms with Gasteiger partial charge in [-0.3, -0.25) is 29.4 Å². The van der Waals surface area contributed by atoms with Gasteiger partial charge in [0.25, 0.3) is 11.6 Å². The van der Waals surface area contributed by atoms with Gasteiger partial charge >= 0.3 is 5.97 Å². The average Bonchev–Trinajstić information content (AvgIpc) is 2.59. The highest BCUT2D eigenvalue weighted by Crippen LogP contribution is 2.26. The summed E-state index contributed by atoms with van der Waals surface area (Å²) in [6.07, 6.45) is -1.10. The molecule has 11 heteroatoms. The Bertz CT molecular complexity index is 771. The topological polar surface area (TPSA) is 122 Å². The van der Waals surface area contributed by atoms with E-state index in [4.69, 9.17) is 16.3 Å². The highest BCUT2D eigenvalue weighted by atomic mass is 35.5. The number of halogens is 1. The highest BCUT2D eigenvalue weighted by Gasteiger charge is 2.25. The van der Waals surface area contributed by atoms with Crippen molar-refractivity contribution in [2.45, 2.75) is 13.0 Å². The van der Waals surface area contributed by atoms with Gasteiger partial charge < -0.3 is 15.0 Å². The van der Waals surface area contributed by atoms with Crippen LogP contribution in [0, 0.1) is 10.1 Å². The largest absolute Gasteiger partial charge is 0.452 e. The summed E-state index contributed by atoms with van der Waals surface area (Å²) in [5.41, 5.74) is -0.0426. The normalized spacial score (nSPS) is 16.0. The molecule has 10 nitrogen and oxygen atoms in total. The van der Waals surface area contributed by atoms with Crippen molar-refractivity contribution in [3.05, 3.63) is 33.3 Å². The van der Waals surface area contributed by atoms with Gasteiger partial charge in [0.15, 0.2) is 6.10 Å². The SMILES string of the molecule is C[C@H](OC(=O)CN1CCN(C)C(=O)C1)C(=O)Nc1ccc([N+](=O)[O-])cc1Cl. The quantitative estimate of drug-likeness (QED) is 0.429. The van der Waals surface area contributed by atoms with Crippen LogP contribution in [0.2, 0.25) is 5.02 Å². The maximum absolute atomic E-state index is 12.2. The van der Waals surface area contributed by atoms with Gasteiger partial charge in [0.1, 0.15) is 0 Å². The first-order valence-corrected chi connectivity index (χ1v) is 8.45. The fourth-order valence-corrected chi connectivity index (χ4v) is 2.59. The van der Waals surface area contributed by atoms with E-state index in [1.807, 2.05) is 0 Å². The van der Waals surface area contributed by atoms with E-state index < -0.39 is 22.9 Å². The van der Waals surface area contributed by atoms with Crippen molar-refractivity contribution in [1.82, 2.24) is 9.80 Å². The zero-order chi connectivity index (χ0) is 20.1. The standard InChI is InChI=1S/C16H19ClN4O6/c1-10(27-15(23)9-20-6-5-19(2)14(22)8-20)16(24)18-13-4-3-11(21(25)26)7-12(13)17/h3-4,7,10H,5-6,8-9H2,1-2H3,(H,18,24)/t10-/m0/s1. The van der Waals surface area contributed by atoms with Crippen molar-refractivity contribution < 1.29 is 24.0 Å². The third-order valence-electron chi connectivity index (χ3n) is 3.99. The Labute approximate surface area is 160 Å². The number of benzene rings is 1. The number of anilines is 1. The monoisotopic (exact) mass is 398 g/mol. The molecule has 1 heterocycles. The molecule has 1 saturated heterocycles. The molecule has 27 heavy (non-hydrogen) atoms. The number of amides is 2. The molecular weight excluding hydrogens is 380 g/mol. The minimum Gasteiger partial charge on any atom is -0.452 e. The second-order valence-electron chi connectivity index (χ2n) is 6.07. The number of nitrogens with zero attached hydrogens (tertiary/aromatic N) is 3. The summed E-state index contributed by atoms with van der Waals surface area (Å²) >= 11 is 5.91.